The first-order chi connectivity index (χ1) is 12.3. The van der Waals surface area contributed by atoms with Gasteiger partial charge in [-0.25, -0.2) is 4.79 Å². The van der Waals surface area contributed by atoms with E-state index in [-0.39, 0.29) is 11.8 Å². The molecule has 0 unspecified atom stereocenters. The fraction of sp³-hybridized carbons (Fsp3) is 0.421. The molecule has 0 radical (unpaired) electrons. The monoisotopic (exact) mass is 390 g/mol. The van der Waals surface area contributed by atoms with E-state index in [9.17, 15) is 14.7 Å². The third kappa shape index (κ3) is 3.50. The van der Waals surface area contributed by atoms with Crippen LogP contribution in [0.25, 0.3) is 6.08 Å². The van der Waals surface area contributed by atoms with Gasteiger partial charge in [0.2, 0.25) is 0 Å². The second-order valence-electron chi connectivity index (χ2n) is 6.99. The SMILES string of the molecule is CC(C)[C@H](C(=O)O)N1C(=O)/C(=C\c2ccc3c(c2)CCCN3C)SC1=S. The Hall–Kier alpha value is -1.86. The molecule has 3 rings (SSSR count). The van der Waals surface area contributed by atoms with Crippen LogP contribution in [-0.4, -0.2) is 45.8 Å². The maximum atomic E-state index is 12.8. The predicted octanol–water partition coefficient (Wildman–Crippen LogP) is 3.38. The van der Waals surface area contributed by atoms with Gasteiger partial charge < -0.3 is 10.0 Å². The number of hydrogen-bond donors (Lipinski definition) is 1. The number of anilines is 1. The molecule has 2 heterocycles. The van der Waals surface area contributed by atoms with Gasteiger partial charge in [-0.3, -0.25) is 9.69 Å². The Morgan fingerprint density at radius 3 is 2.77 bits per heavy atom. The number of thioether (sulfide) groups is 1. The molecule has 1 N–H and O–H groups in total. The number of hydrogen-bond acceptors (Lipinski definition) is 5. The summed E-state index contributed by atoms with van der Waals surface area (Å²) in [4.78, 5) is 28.3. The van der Waals surface area contributed by atoms with E-state index in [1.54, 1.807) is 13.8 Å². The number of aliphatic carboxylic acids is 1. The summed E-state index contributed by atoms with van der Waals surface area (Å²) >= 11 is 6.47. The van der Waals surface area contributed by atoms with Gasteiger partial charge in [-0.1, -0.05) is 43.9 Å². The van der Waals surface area contributed by atoms with Crippen LogP contribution in [0, 0.1) is 5.92 Å². The average Bonchev–Trinajstić information content (AvgIpc) is 2.82. The number of carboxylic acids is 1. The fourth-order valence-electron chi connectivity index (χ4n) is 3.46. The number of fused-ring (bicyclic) bond motifs is 1. The Balaban J connectivity index is 1.90. The van der Waals surface area contributed by atoms with Crippen LogP contribution in [0.15, 0.2) is 23.1 Å². The summed E-state index contributed by atoms with van der Waals surface area (Å²) in [6, 6.07) is 5.24. The molecule has 26 heavy (non-hydrogen) atoms. The van der Waals surface area contributed by atoms with Gasteiger partial charge in [-0.05, 0) is 48.1 Å². The normalized spacial score (nSPS) is 20.1. The minimum atomic E-state index is -1.03. The van der Waals surface area contributed by atoms with E-state index in [1.165, 1.54) is 27.9 Å². The van der Waals surface area contributed by atoms with Gasteiger partial charge in [0.05, 0.1) is 4.91 Å². The summed E-state index contributed by atoms with van der Waals surface area (Å²) in [6.07, 6.45) is 3.95. The minimum absolute atomic E-state index is 0.228. The minimum Gasteiger partial charge on any atom is -0.480 e. The lowest BCUT2D eigenvalue weighted by atomic mass is 9.99. The molecule has 0 aliphatic carbocycles. The highest BCUT2D eigenvalue weighted by Gasteiger charge is 2.41. The van der Waals surface area contributed by atoms with E-state index >= 15 is 0 Å². The number of carbonyl (C=O) groups excluding carboxylic acids is 1. The molecule has 1 saturated heterocycles. The molecule has 0 bridgehead atoms. The number of amides is 1. The van der Waals surface area contributed by atoms with Gasteiger partial charge in [0.15, 0.2) is 0 Å². The van der Waals surface area contributed by atoms with Gasteiger partial charge in [-0.15, -0.1) is 0 Å². The Kier molecular flexibility index (Phi) is 5.39. The third-order valence-electron chi connectivity index (χ3n) is 4.74. The van der Waals surface area contributed by atoms with Crippen LogP contribution in [0.3, 0.4) is 0 Å². The van der Waals surface area contributed by atoms with Crippen LogP contribution in [0.4, 0.5) is 5.69 Å². The van der Waals surface area contributed by atoms with E-state index in [0.29, 0.717) is 9.23 Å². The van der Waals surface area contributed by atoms with E-state index in [4.69, 9.17) is 12.2 Å². The van der Waals surface area contributed by atoms with E-state index < -0.39 is 12.0 Å². The van der Waals surface area contributed by atoms with E-state index in [1.807, 2.05) is 12.1 Å². The van der Waals surface area contributed by atoms with Crippen LogP contribution in [0.2, 0.25) is 0 Å². The lowest BCUT2D eigenvalue weighted by molar-refractivity contribution is -0.146. The van der Waals surface area contributed by atoms with E-state index in [2.05, 4.69) is 24.1 Å². The number of nitrogens with zero attached hydrogens (tertiary/aromatic N) is 2. The largest absolute Gasteiger partial charge is 0.480 e. The molecule has 138 valence electrons. The summed E-state index contributed by atoms with van der Waals surface area (Å²) in [7, 11) is 2.08. The molecule has 1 aromatic rings. The van der Waals surface area contributed by atoms with Gasteiger partial charge in [-0.2, -0.15) is 0 Å². The van der Waals surface area contributed by atoms with Gasteiger partial charge in [0, 0.05) is 19.3 Å². The standard InChI is InChI=1S/C19H22N2O3S2/c1-11(2)16(18(23)24)21-17(22)15(26-19(21)25)10-12-6-7-14-13(9-12)5-4-8-20(14)3/h6-7,9-11,16H,4-5,8H2,1-3H3,(H,23,24)/b15-10+/t16-/m1/s1. The summed E-state index contributed by atoms with van der Waals surface area (Å²) < 4.78 is 0.306. The Morgan fingerprint density at radius 2 is 2.12 bits per heavy atom. The number of carbonyl (C=O) groups is 2. The topological polar surface area (TPSA) is 60.9 Å². The highest BCUT2D eigenvalue weighted by atomic mass is 32.2. The average molecular weight is 391 g/mol. The molecule has 0 aromatic heterocycles. The van der Waals surface area contributed by atoms with Crippen LogP contribution < -0.4 is 4.90 Å². The Bertz CT molecular complexity index is 804. The molecule has 1 amide bonds. The van der Waals surface area contributed by atoms with Crippen LogP contribution >= 0.6 is 24.0 Å². The number of aryl methyl sites for hydroxylation is 1. The van der Waals surface area contributed by atoms with Gasteiger partial charge >= 0.3 is 5.97 Å². The van der Waals surface area contributed by atoms with Gasteiger partial charge in [0.25, 0.3) is 5.91 Å². The van der Waals surface area contributed by atoms with Crippen molar-refractivity contribution in [2.45, 2.75) is 32.7 Å². The van der Waals surface area contributed by atoms with E-state index in [0.717, 1.165) is 24.9 Å². The number of carboxylic acid groups (broad SMARTS) is 1. The molecule has 1 aromatic carbocycles. The first-order valence-corrected chi connectivity index (χ1v) is 9.86. The van der Waals surface area contributed by atoms with Crippen molar-refractivity contribution >= 4 is 51.9 Å². The third-order valence-corrected chi connectivity index (χ3v) is 6.07. The lowest BCUT2D eigenvalue weighted by Gasteiger charge is -2.27. The summed E-state index contributed by atoms with van der Waals surface area (Å²) in [5, 5.41) is 9.49. The van der Waals surface area contributed by atoms with Crippen molar-refractivity contribution in [1.82, 2.24) is 4.90 Å². The molecule has 1 atom stereocenters. The second kappa shape index (κ2) is 7.40. The molecular formula is C19H22N2O3S2. The maximum Gasteiger partial charge on any atom is 0.327 e. The van der Waals surface area contributed by atoms with Crippen LogP contribution in [-0.2, 0) is 16.0 Å². The zero-order valence-corrected chi connectivity index (χ0v) is 16.7. The van der Waals surface area contributed by atoms with Crippen LogP contribution in [0.5, 0.6) is 0 Å². The molecule has 2 aliphatic heterocycles. The molecule has 0 spiro atoms. The zero-order valence-electron chi connectivity index (χ0n) is 15.1. The highest BCUT2D eigenvalue weighted by Crippen LogP contribution is 2.36. The van der Waals surface area contributed by atoms with Crippen molar-refractivity contribution in [3.63, 3.8) is 0 Å². The van der Waals surface area contributed by atoms with Crippen molar-refractivity contribution in [1.29, 1.82) is 0 Å². The predicted molar refractivity (Wildman–Crippen MR) is 109 cm³/mol. The maximum absolute atomic E-state index is 12.8. The molecule has 1 fully saturated rings. The lowest BCUT2D eigenvalue weighted by Crippen LogP contribution is -2.47. The molecule has 2 aliphatic rings. The summed E-state index contributed by atoms with van der Waals surface area (Å²) in [6.45, 7) is 4.61. The Morgan fingerprint density at radius 1 is 1.38 bits per heavy atom. The zero-order chi connectivity index (χ0) is 19.0. The molecular weight excluding hydrogens is 368 g/mol. The number of thiocarbonyl (C=S) groups is 1. The first-order valence-electron chi connectivity index (χ1n) is 8.63. The Labute approximate surface area is 163 Å². The number of rotatable bonds is 4. The first kappa shape index (κ1) is 18.9. The van der Waals surface area contributed by atoms with Crippen molar-refractivity contribution in [2.75, 3.05) is 18.5 Å². The van der Waals surface area contributed by atoms with Crippen molar-refractivity contribution in [2.24, 2.45) is 5.92 Å². The highest BCUT2D eigenvalue weighted by molar-refractivity contribution is 8.26. The van der Waals surface area contributed by atoms with Crippen LogP contribution in [0.1, 0.15) is 31.4 Å². The molecule has 7 heteroatoms. The molecule has 0 saturated carbocycles. The van der Waals surface area contributed by atoms with Crippen molar-refractivity contribution in [3.05, 3.63) is 34.2 Å². The smallest absolute Gasteiger partial charge is 0.327 e. The number of benzene rings is 1. The van der Waals surface area contributed by atoms with Gasteiger partial charge in [0.1, 0.15) is 10.4 Å². The fourth-order valence-corrected chi connectivity index (χ4v) is 4.79. The quantitative estimate of drug-likeness (QED) is 0.628. The summed E-state index contributed by atoms with van der Waals surface area (Å²) in [5.41, 5.74) is 3.44. The van der Waals surface area contributed by atoms with Crippen molar-refractivity contribution < 1.29 is 14.7 Å². The summed E-state index contributed by atoms with van der Waals surface area (Å²) in [5.74, 6) is -1.58. The molecule has 5 nitrogen and oxygen atoms in total. The van der Waals surface area contributed by atoms with Crippen molar-refractivity contribution in [3.8, 4) is 0 Å². The second-order valence-corrected chi connectivity index (χ2v) is 8.67.